The number of nitro benzene ring substituents is 1. The highest BCUT2D eigenvalue weighted by Gasteiger charge is 2.16. The summed E-state index contributed by atoms with van der Waals surface area (Å²) < 4.78 is 5.45. The number of hydrogen-bond donors (Lipinski definition) is 0. The standard InChI is InChI=1S/C13H11BrN2O4/c1-2-20-13(17)9(5-6-15)7-10-8-11(14)3-4-12(10)16(18)19/h3-4,7-8H,2,5H2,1H3/b9-7+. The van der Waals surface area contributed by atoms with Gasteiger partial charge in [0, 0.05) is 10.5 Å². The van der Waals surface area contributed by atoms with E-state index in [1.807, 2.05) is 6.07 Å². The Bertz CT molecular complexity index is 605. The van der Waals surface area contributed by atoms with Crippen molar-refractivity contribution >= 4 is 33.7 Å². The number of carbonyl (C=O) groups is 1. The van der Waals surface area contributed by atoms with Gasteiger partial charge in [-0.1, -0.05) is 15.9 Å². The molecule has 0 N–H and O–H groups in total. The molecule has 20 heavy (non-hydrogen) atoms. The number of halogens is 1. The highest BCUT2D eigenvalue weighted by Crippen LogP contribution is 2.26. The van der Waals surface area contributed by atoms with Crippen LogP contribution in [0, 0.1) is 21.4 Å². The van der Waals surface area contributed by atoms with E-state index in [-0.39, 0.29) is 29.9 Å². The van der Waals surface area contributed by atoms with Crippen molar-refractivity contribution in [2.24, 2.45) is 0 Å². The average molecular weight is 339 g/mol. The minimum Gasteiger partial charge on any atom is -0.463 e. The molecule has 0 aliphatic rings. The lowest BCUT2D eigenvalue weighted by Crippen LogP contribution is -2.07. The number of nitrogens with zero attached hydrogens (tertiary/aromatic N) is 2. The van der Waals surface area contributed by atoms with E-state index in [4.69, 9.17) is 10.00 Å². The Morgan fingerprint density at radius 2 is 2.30 bits per heavy atom. The first-order chi connectivity index (χ1) is 9.49. The Morgan fingerprint density at radius 3 is 2.85 bits per heavy atom. The number of esters is 1. The third-order valence-corrected chi connectivity index (χ3v) is 2.82. The summed E-state index contributed by atoms with van der Waals surface area (Å²) >= 11 is 3.21. The molecule has 0 spiro atoms. The molecule has 1 rings (SSSR count). The Balaban J connectivity index is 3.29. The molecule has 0 unspecified atom stereocenters. The van der Waals surface area contributed by atoms with Gasteiger partial charge in [0.15, 0.2) is 0 Å². The van der Waals surface area contributed by atoms with E-state index in [0.717, 1.165) is 0 Å². The molecule has 7 heteroatoms. The highest BCUT2D eigenvalue weighted by atomic mass is 79.9. The molecule has 0 radical (unpaired) electrons. The van der Waals surface area contributed by atoms with Gasteiger partial charge in [0.2, 0.25) is 0 Å². The molecule has 0 aliphatic carbocycles. The van der Waals surface area contributed by atoms with E-state index in [2.05, 4.69) is 15.9 Å². The second-order valence-electron chi connectivity index (χ2n) is 3.69. The van der Waals surface area contributed by atoms with Crippen molar-refractivity contribution < 1.29 is 14.5 Å². The summed E-state index contributed by atoms with van der Waals surface area (Å²) in [6.07, 6.45) is 1.13. The monoisotopic (exact) mass is 338 g/mol. The second kappa shape index (κ2) is 7.40. The smallest absolute Gasteiger partial charge is 0.335 e. The number of hydrogen-bond acceptors (Lipinski definition) is 5. The van der Waals surface area contributed by atoms with Gasteiger partial charge in [-0.2, -0.15) is 5.26 Å². The predicted molar refractivity (Wildman–Crippen MR) is 75.6 cm³/mol. The summed E-state index contributed by atoms with van der Waals surface area (Å²) in [5, 5.41) is 19.7. The lowest BCUT2D eigenvalue weighted by molar-refractivity contribution is -0.385. The first-order valence-corrected chi connectivity index (χ1v) is 6.47. The van der Waals surface area contributed by atoms with Crippen molar-refractivity contribution in [1.29, 1.82) is 5.26 Å². The molecule has 104 valence electrons. The Labute approximate surface area is 123 Å². The number of benzene rings is 1. The number of nitro groups is 1. The fourth-order valence-corrected chi connectivity index (χ4v) is 1.86. The van der Waals surface area contributed by atoms with E-state index in [9.17, 15) is 14.9 Å². The Morgan fingerprint density at radius 1 is 1.60 bits per heavy atom. The van der Waals surface area contributed by atoms with Gasteiger partial charge in [-0.15, -0.1) is 0 Å². The van der Waals surface area contributed by atoms with Crippen LogP contribution >= 0.6 is 15.9 Å². The summed E-state index contributed by atoms with van der Waals surface area (Å²) in [4.78, 5) is 22.1. The van der Waals surface area contributed by atoms with Gasteiger partial charge in [-0.25, -0.2) is 4.79 Å². The second-order valence-corrected chi connectivity index (χ2v) is 4.60. The van der Waals surface area contributed by atoms with Crippen LogP contribution in [0.4, 0.5) is 5.69 Å². The van der Waals surface area contributed by atoms with Gasteiger partial charge in [0.05, 0.1) is 35.2 Å². The summed E-state index contributed by atoms with van der Waals surface area (Å²) in [7, 11) is 0. The van der Waals surface area contributed by atoms with E-state index in [1.54, 1.807) is 6.92 Å². The Hall–Kier alpha value is -2.20. The molecule has 0 amide bonds. The molecule has 0 aromatic heterocycles. The largest absolute Gasteiger partial charge is 0.463 e. The summed E-state index contributed by atoms with van der Waals surface area (Å²) in [6, 6.07) is 6.20. The minimum atomic E-state index is -0.650. The molecule has 0 heterocycles. The van der Waals surface area contributed by atoms with Crippen LogP contribution in [-0.2, 0) is 9.53 Å². The average Bonchev–Trinajstić information content (AvgIpc) is 2.38. The molecule has 0 atom stereocenters. The first-order valence-electron chi connectivity index (χ1n) is 5.68. The molecular formula is C13H11BrN2O4. The van der Waals surface area contributed by atoms with E-state index < -0.39 is 10.9 Å². The zero-order valence-electron chi connectivity index (χ0n) is 10.6. The topological polar surface area (TPSA) is 93.2 Å². The third-order valence-electron chi connectivity index (χ3n) is 2.32. The number of ether oxygens (including phenoxy) is 1. The molecule has 0 aliphatic heterocycles. The molecule has 0 fully saturated rings. The van der Waals surface area contributed by atoms with Crippen LogP contribution < -0.4 is 0 Å². The molecule has 0 bridgehead atoms. The van der Waals surface area contributed by atoms with Gasteiger partial charge in [-0.3, -0.25) is 10.1 Å². The van der Waals surface area contributed by atoms with Gasteiger partial charge in [0.25, 0.3) is 5.69 Å². The van der Waals surface area contributed by atoms with Crippen LogP contribution in [0.5, 0.6) is 0 Å². The molecule has 0 saturated carbocycles. The van der Waals surface area contributed by atoms with Crippen LogP contribution in [0.1, 0.15) is 18.9 Å². The fourth-order valence-electron chi connectivity index (χ4n) is 1.49. The summed E-state index contributed by atoms with van der Waals surface area (Å²) in [6.45, 7) is 1.81. The molecule has 6 nitrogen and oxygen atoms in total. The summed E-state index contributed by atoms with van der Waals surface area (Å²) in [5.74, 6) is -0.650. The number of nitriles is 1. The van der Waals surface area contributed by atoms with Crippen LogP contribution in [-0.4, -0.2) is 17.5 Å². The minimum absolute atomic E-state index is 0.0792. The van der Waals surface area contributed by atoms with Crippen LogP contribution in [0.3, 0.4) is 0 Å². The SMILES string of the molecule is CCOC(=O)/C(=C/c1cc(Br)ccc1[N+](=O)[O-])CC#N. The van der Waals surface area contributed by atoms with Gasteiger partial charge < -0.3 is 4.74 Å². The van der Waals surface area contributed by atoms with Crippen LogP contribution in [0.25, 0.3) is 6.08 Å². The molecule has 0 saturated heterocycles. The zero-order valence-corrected chi connectivity index (χ0v) is 12.2. The maximum Gasteiger partial charge on any atom is 0.335 e. The number of carbonyl (C=O) groups excluding carboxylic acids is 1. The summed E-state index contributed by atoms with van der Waals surface area (Å²) in [5.41, 5.74) is 0.172. The van der Waals surface area contributed by atoms with Gasteiger partial charge in [0.1, 0.15) is 0 Å². The first kappa shape index (κ1) is 15.9. The molecular weight excluding hydrogens is 328 g/mol. The van der Waals surface area contributed by atoms with Crippen LogP contribution in [0.15, 0.2) is 28.2 Å². The van der Waals surface area contributed by atoms with Crippen molar-refractivity contribution in [3.63, 3.8) is 0 Å². The van der Waals surface area contributed by atoms with Crippen LogP contribution in [0.2, 0.25) is 0 Å². The fraction of sp³-hybridized carbons (Fsp3) is 0.231. The normalized spacial score (nSPS) is 10.8. The van der Waals surface area contributed by atoms with Crippen molar-refractivity contribution in [3.8, 4) is 6.07 Å². The highest BCUT2D eigenvalue weighted by molar-refractivity contribution is 9.10. The molecule has 1 aromatic carbocycles. The van der Waals surface area contributed by atoms with E-state index in [1.165, 1.54) is 24.3 Å². The third kappa shape index (κ3) is 4.17. The number of rotatable bonds is 5. The quantitative estimate of drug-likeness (QED) is 0.355. The molecule has 1 aromatic rings. The lowest BCUT2D eigenvalue weighted by atomic mass is 10.1. The maximum atomic E-state index is 11.7. The Kier molecular flexibility index (Phi) is 5.87. The van der Waals surface area contributed by atoms with Crippen molar-refractivity contribution in [2.45, 2.75) is 13.3 Å². The lowest BCUT2D eigenvalue weighted by Gasteiger charge is -2.04. The van der Waals surface area contributed by atoms with E-state index in [0.29, 0.717) is 4.47 Å². The maximum absolute atomic E-state index is 11.7. The van der Waals surface area contributed by atoms with Crippen molar-refractivity contribution in [3.05, 3.63) is 43.9 Å². The van der Waals surface area contributed by atoms with Crippen molar-refractivity contribution in [1.82, 2.24) is 0 Å². The predicted octanol–water partition coefficient (Wildman–Crippen LogP) is 3.22. The van der Waals surface area contributed by atoms with E-state index >= 15 is 0 Å². The van der Waals surface area contributed by atoms with Crippen molar-refractivity contribution in [2.75, 3.05) is 6.61 Å². The zero-order chi connectivity index (χ0) is 15.1. The van der Waals surface area contributed by atoms with Gasteiger partial charge in [-0.05, 0) is 25.1 Å². The van der Waals surface area contributed by atoms with Gasteiger partial charge >= 0.3 is 5.97 Å².